The Morgan fingerprint density at radius 2 is 2.07 bits per heavy atom. The average molecular weight is 209 g/mol. The Morgan fingerprint density at radius 3 is 2.67 bits per heavy atom. The zero-order valence-electron chi connectivity index (χ0n) is 9.84. The lowest BCUT2D eigenvalue weighted by Gasteiger charge is -2.34. The van der Waals surface area contributed by atoms with Crippen LogP contribution in [0.25, 0.3) is 0 Å². The zero-order chi connectivity index (χ0) is 10.9. The van der Waals surface area contributed by atoms with Crippen molar-refractivity contribution in [1.82, 2.24) is 10.2 Å². The number of nitrogens with one attached hydrogen (secondary N) is 1. The van der Waals surface area contributed by atoms with Gasteiger partial charge in [-0.15, -0.1) is 0 Å². The Hall–Kier alpha value is -0.590. The van der Waals surface area contributed by atoms with Crippen LogP contribution < -0.4 is 5.32 Å². The van der Waals surface area contributed by atoms with Crippen molar-refractivity contribution in [2.75, 3.05) is 26.2 Å². The number of hydrogen-bond acceptors (Lipinski definition) is 3. The van der Waals surface area contributed by atoms with E-state index < -0.39 is 0 Å². The van der Waals surface area contributed by atoms with E-state index >= 15 is 0 Å². The molecule has 0 bridgehead atoms. The van der Waals surface area contributed by atoms with Gasteiger partial charge in [0, 0.05) is 12.5 Å². The molecule has 1 rings (SSSR count). The smallest absolute Gasteiger partial charge is 0.0622 e. The minimum absolute atomic E-state index is 0.700. The summed E-state index contributed by atoms with van der Waals surface area (Å²) < 4.78 is 0. The number of rotatable bonds is 6. The van der Waals surface area contributed by atoms with Gasteiger partial charge in [0.15, 0.2) is 0 Å². The fraction of sp³-hybridized carbons (Fsp3) is 0.917. The summed E-state index contributed by atoms with van der Waals surface area (Å²) in [5.41, 5.74) is 0. The molecular weight excluding hydrogens is 186 g/mol. The highest BCUT2D eigenvalue weighted by atomic mass is 15.2. The molecule has 1 aliphatic rings. The number of hydrogen-bond donors (Lipinski definition) is 1. The maximum absolute atomic E-state index is 8.54. The standard InChI is InChI=1S/C12H23N3/c1-2-10-15(11-4-3-7-13)12-5-8-14-9-6-12/h12,14H,2-6,8-11H2,1H3. The van der Waals surface area contributed by atoms with Crippen molar-refractivity contribution in [2.24, 2.45) is 0 Å². The third-order valence-electron chi connectivity index (χ3n) is 3.07. The summed E-state index contributed by atoms with van der Waals surface area (Å²) in [7, 11) is 0. The molecule has 86 valence electrons. The lowest BCUT2D eigenvalue weighted by atomic mass is 10.0. The Bertz CT molecular complexity index is 192. The summed E-state index contributed by atoms with van der Waals surface area (Å²) >= 11 is 0. The van der Waals surface area contributed by atoms with E-state index in [0.717, 1.165) is 32.1 Å². The molecule has 1 N–H and O–H groups in total. The Labute approximate surface area is 93.5 Å². The number of unbranched alkanes of at least 4 members (excludes halogenated alkanes) is 1. The molecule has 3 heteroatoms. The van der Waals surface area contributed by atoms with Crippen molar-refractivity contribution < 1.29 is 0 Å². The summed E-state index contributed by atoms with van der Waals surface area (Å²) in [6.45, 7) is 6.84. The van der Waals surface area contributed by atoms with Gasteiger partial charge in [-0.3, -0.25) is 0 Å². The second-order valence-electron chi connectivity index (χ2n) is 4.28. The number of nitriles is 1. The fourth-order valence-electron chi connectivity index (χ4n) is 2.30. The zero-order valence-corrected chi connectivity index (χ0v) is 9.84. The highest BCUT2D eigenvalue weighted by Gasteiger charge is 2.19. The molecule has 0 aliphatic carbocycles. The molecule has 0 saturated carbocycles. The fourth-order valence-corrected chi connectivity index (χ4v) is 2.30. The average Bonchev–Trinajstić information content (AvgIpc) is 2.29. The molecule has 0 aromatic rings. The van der Waals surface area contributed by atoms with E-state index in [1.807, 2.05) is 0 Å². The van der Waals surface area contributed by atoms with Crippen molar-refractivity contribution in [2.45, 2.75) is 45.1 Å². The molecule has 0 spiro atoms. The largest absolute Gasteiger partial charge is 0.317 e. The van der Waals surface area contributed by atoms with E-state index in [0.29, 0.717) is 6.42 Å². The molecule has 0 amide bonds. The number of nitrogens with zero attached hydrogens (tertiary/aromatic N) is 2. The molecule has 1 fully saturated rings. The summed E-state index contributed by atoms with van der Waals surface area (Å²) in [6.07, 6.45) is 5.49. The van der Waals surface area contributed by atoms with Gasteiger partial charge in [-0.05, 0) is 51.9 Å². The van der Waals surface area contributed by atoms with Gasteiger partial charge in [-0.2, -0.15) is 5.26 Å². The van der Waals surface area contributed by atoms with Crippen molar-refractivity contribution in [3.8, 4) is 6.07 Å². The first-order valence-electron chi connectivity index (χ1n) is 6.20. The van der Waals surface area contributed by atoms with Crippen LogP contribution in [-0.4, -0.2) is 37.1 Å². The maximum Gasteiger partial charge on any atom is 0.0622 e. The van der Waals surface area contributed by atoms with Crippen LogP contribution in [0.5, 0.6) is 0 Å². The maximum atomic E-state index is 8.54. The third kappa shape index (κ3) is 4.63. The monoisotopic (exact) mass is 209 g/mol. The van der Waals surface area contributed by atoms with Gasteiger partial charge in [0.05, 0.1) is 6.07 Å². The van der Waals surface area contributed by atoms with Crippen LogP contribution >= 0.6 is 0 Å². The van der Waals surface area contributed by atoms with E-state index in [1.165, 1.54) is 25.8 Å². The molecule has 0 radical (unpaired) electrons. The van der Waals surface area contributed by atoms with Crippen LogP contribution in [0.1, 0.15) is 39.0 Å². The Kier molecular flexibility index (Phi) is 6.38. The number of piperidine rings is 1. The van der Waals surface area contributed by atoms with Crippen LogP contribution in [0.2, 0.25) is 0 Å². The van der Waals surface area contributed by atoms with Crippen molar-refractivity contribution >= 4 is 0 Å². The molecule has 0 aromatic carbocycles. The predicted octanol–water partition coefficient (Wildman–Crippen LogP) is 1.75. The predicted molar refractivity (Wildman–Crippen MR) is 62.6 cm³/mol. The van der Waals surface area contributed by atoms with Crippen molar-refractivity contribution in [3.05, 3.63) is 0 Å². The van der Waals surface area contributed by atoms with Gasteiger partial charge in [-0.1, -0.05) is 6.92 Å². The highest BCUT2D eigenvalue weighted by Crippen LogP contribution is 2.13. The normalized spacial score (nSPS) is 17.9. The Balaban J connectivity index is 2.30. The minimum Gasteiger partial charge on any atom is -0.317 e. The summed E-state index contributed by atoms with van der Waals surface area (Å²) in [5.74, 6) is 0. The first-order valence-corrected chi connectivity index (χ1v) is 6.20. The second-order valence-corrected chi connectivity index (χ2v) is 4.28. The molecule has 3 nitrogen and oxygen atoms in total. The molecule has 1 heterocycles. The molecular formula is C12H23N3. The van der Waals surface area contributed by atoms with Crippen LogP contribution in [-0.2, 0) is 0 Å². The summed E-state index contributed by atoms with van der Waals surface area (Å²) in [6, 6.07) is 2.98. The van der Waals surface area contributed by atoms with E-state index in [4.69, 9.17) is 5.26 Å². The minimum atomic E-state index is 0.700. The summed E-state index contributed by atoms with van der Waals surface area (Å²) in [4.78, 5) is 2.58. The van der Waals surface area contributed by atoms with Crippen molar-refractivity contribution in [3.63, 3.8) is 0 Å². The van der Waals surface area contributed by atoms with Gasteiger partial charge in [-0.25, -0.2) is 0 Å². The van der Waals surface area contributed by atoms with Crippen LogP contribution in [0.4, 0.5) is 0 Å². The van der Waals surface area contributed by atoms with Gasteiger partial charge < -0.3 is 10.2 Å². The van der Waals surface area contributed by atoms with Gasteiger partial charge >= 0.3 is 0 Å². The quantitative estimate of drug-likeness (QED) is 0.677. The lowest BCUT2D eigenvalue weighted by Crippen LogP contribution is -2.43. The van der Waals surface area contributed by atoms with E-state index in [-0.39, 0.29) is 0 Å². The van der Waals surface area contributed by atoms with E-state index in [1.54, 1.807) is 0 Å². The molecule has 1 aliphatic heterocycles. The molecule has 15 heavy (non-hydrogen) atoms. The van der Waals surface area contributed by atoms with Crippen LogP contribution in [0.15, 0.2) is 0 Å². The third-order valence-corrected chi connectivity index (χ3v) is 3.07. The van der Waals surface area contributed by atoms with Gasteiger partial charge in [0.25, 0.3) is 0 Å². The second kappa shape index (κ2) is 7.67. The molecule has 0 unspecified atom stereocenters. The molecule has 0 aromatic heterocycles. The first-order chi connectivity index (χ1) is 7.38. The molecule has 0 atom stereocenters. The van der Waals surface area contributed by atoms with E-state index in [9.17, 15) is 0 Å². The van der Waals surface area contributed by atoms with Crippen molar-refractivity contribution in [1.29, 1.82) is 5.26 Å². The molecule has 1 saturated heterocycles. The Morgan fingerprint density at radius 1 is 1.33 bits per heavy atom. The summed E-state index contributed by atoms with van der Waals surface area (Å²) in [5, 5.41) is 11.9. The van der Waals surface area contributed by atoms with Crippen LogP contribution in [0.3, 0.4) is 0 Å². The van der Waals surface area contributed by atoms with Gasteiger partial charge in [0.2, 0.25) is 0 Å². The topological polar surface area (TPSA) is 39.1 Å². The van der Waals surface area contributed by atoms with E-state index in [2.05, 4.69) is 23.2 Å². The van der Waals surface area contributed by atoms with Gasteiger partial charge in [0.1, 0.15) is 0 Å². The SMILES string of the molecule is CCCN(CCCC#N)C1CCNCC1. The van der Waals surface area contributed by atoms with Crippen LogP contribution in [0, 0.1) is 11.3 Å². The first kappa shape index (κ1) is 12.5. The lowest BCUT2D eigenvalue weighted by molar-refractivity contribution is 0.161. The highest BCUT2D eigenvalue weighted by molar-refractivity contribution is 4.79.